The van der Waals surface area contributed by atoms with Crippen LogP contribution in [-0.4, -0.2) is 12.5 Å². The predicted octanol–water partition coefficient (Wildman–Crippen LogP) is 2.29. The summed E-state index contributed by atoms with van der Waals surface area (Å²) >= 11 is 0. The molecule has 1 atom stereocenters. The number of furan rings is 1. The largest absolute Gasteiger partial charge is 0.467 e. The Morgan fingerprint density at radius 3 is 2.41 bits per heavy atom. The van der Waals surface area contributed by atoms with Crippen LogP contribution in [-0.2, 0) is 6.54 Å². The molecule has 2 aromatic rings. The van der Waals surface area contributed by atoms with Gasteiger partial charge in [-0.1, -0.05) is 38.1 Å². The van der Waals surface area contributed by atoms with Crippen molar-refractivity contribution >= 4 is 5.91 Å². The molecule has 0 bridgehead atoms. The molecule has 5 nitrogen and oxygen atoms in total. The predicted molar refractivity (Wildman–Crippen MR) is 86.4 cm³/mol. The molecule has 1 aromatic carbocycles. The number of hydrogen-bond acceptors (Lipinski definition) is 4. The van der Waals surface area contributed by atoms with E-state index in [4.69, 9.17) is 15.9 Å². The summed E-state index contributed by atoms with van der Waals surface area (Å²) in [5.74, 6) is 0.860. The van der Waals surface area contributed by atoms with Gasteiger partial charge in [-0.3, -0.25) is 4.79 Å². The third-order valence-corrected chi connectivity index (χ3v) is 3.63. The summed E-state index contributed by atoms with van der Waals surface area (Å²) in [7, 11) is 0. The third-order valence-electron chi connectivity index (χ3n) is 3.63. The van der Waals surface area contributed by atoms with Gasteiger partial charge in [0.1, 0.15) is 12.0 Å². The van der Waals surface area contributed by atoms with E-state index in [9.17, 15) is 4.79 Å². The minimum absolute atomic E-state index is 0.210. The third kappa shape index (κ3) is 3.96. The molecule has 2 rings (SSSR count). The number of nitrogens with one attached hydrogen (secondary N) is 1. The number of hydrogen-bond donors (Lipinski definition) is 3. The van der Waals surface area contributed by atoms with Gasteiger partial charge in [-0.05, 0) is 23.1 Å². The molecular formula is C17H23N3O2. The molecule has 0 aliphatic carbocycles. The Bertz CT molecular complexity index is 617. The maximum atomic E-state index is 12.0. The molecule has 1 heterocycles. The van der Waals surface area contributed by atoms with Gasteiger partial charge >= 0.3 is 0 Å². The maximum Gasteiger partial charge on any atom is 0.254 e. The van der Waals surface area contributed by atoms with Gasteiger partial charge in [0.15, 0.2) is 0 Å². The lowest BCUT2D eigenvalue weighted by Crippen LogP contribution is -2.31. The molecular weight excluding hydrogens is 278 g/mol. The van der Waals surface area contributed by atoms with E-state index >= 15 is 0 Å². The fraction of sp³-hybridized carbons (Fsp3) is 0.353. The Morgan fingerprint density at radius 2 is 1.86 bits per heavy atom. The zero-order valence-corrected chi connectivity index (χ0v) is 13.0. The van der Waals surface area contributed by atoms with Crippen LogP contribution in [0.25, 0.3) is 0 Å². The van der Waals surface area contributed by atoms with Crippen LogP contribution < -0.4 is 16.8 Å². The summed E-state index contributed by atoms with van der Waals surface area (Å²) in [6, 6.07) is 9.56. The first-order chi connectivity index (χ1) is 10.5. The topological polar surface area (TPSA) is 94.3 Å². The van der Waals surface area contributed by atoms with Crippen LogP contribution in [0, 0.1) is 0 Å². The summed E-state index contributed by atoms with van der Waals surface area (Å²) in [6.45, 7) is 4.93. The van der Waals surface area contributed by atoms with Gasteiger partial charge < -0.3 is 21.2 Å². The van der Waals surface area contributed by atoms with E-state index in [0.717, 1.165) is 5.56 Å². The molecule has 0 aliphatic heterocycles. The van der Waals surface area contributed by atoms with Crippen LogP contribution in [0.15, 0.2) is 41.0 Å². The lowest BCUT2D eigenvalue weighted by molar-refractivity contribution is 0.0950. The lowest BCUT2D eigenvalue weighted by Gasteiger charge is -2.14. The molecule has 0 fully saturated rings. The van der Waals surface area contributed by atoms with Crippen molar-refractivity contribution in [2.75, 3.05) is 6.54 Å². The first-order valence-corrected chi connectivity index (χ1v) is 7.42. The number of benzene rings is 1. The van der Waals surface area contributed by atoms with E-state index in [0.29, 0.717) is 23.8 Å². The minimum atomic E-state index is -0.244. The van der Waals surface area contributed by atoms with Crippen molar-refractivity contribution in [3.63, 3.8) is 0 Å². The molecule has 1 aromatic heterocycles. The number of nitrogens with two attached hydrogens (primary N) is 2. The molecule has 1 unspecified atom stereocenters. The van der Waals surface area contributed by atoms with Crippen LogP contribution >= 0.6 is 0 Å². The van der Waals surface area contributed by atoms with Crippen molar-refractivity contribution < 1.29 is 9.21 Å². The van der Waals surface area contributed by atoms with Crippen molar-refractivity contribution in [1.29, 1.82) is 0 Å². The van der Waals surface area contributed by atoms with Crippen LogP contribution in [0.3, 0.4) is 0 Å². The van der Waals surface area contributed by atoms with Crippen molar-refractivity contribution in [3.05, 3.63) is 59.0 Å². The van der Waals surface area contributed by atoms with Crippen molar-refractivity contribution in [2.24, 2.45) is 11.5 Å². The molecule has 0 saturated heterocycles. The lowest BCUT2D eigenvalue weighted by atomic mass is 9.99. The second kappa shape index (κ2) is 7.24. The Morgan fingerprint density at radius 1 is 1.23 bits per heavy atom. The summed E-state index contributed by atoms with van der Waals surface area (Å²) in [5, 5.41) is 2.81. The maximum absolute atomic E-state index is 12.0. The monoisotopic (exact) mass is 301 g/mol. The van der Waals surface area contributed by atoms with Crippen LogP contribution in [0.4, 0.5) is 0 Å². The van der Waals surface area contributed by atoms with Gasteiger partial charge in [0, 0.05) is 12.6 Å². The Kier molecular flexibility index (Phi) is 5.35. The first kappa shape index (κ1) is 16.3. The molecule has 118 valence electrons. The molecule has 0 saturated carbocycles. The van der Waals surface area contributed by atoms with E-state index in [2.05, 4.69) is 31.3 Å². The highest BCUT2D eigenvalue weighted by molar-refractivity contribution is 5.93. The van der Waals surface area contributed by atoms with Gasteiger partial charge in [-0.15, -0.1) is 0 Å². The number of rotatable bonds is 6. The average molecular weight is 301 g/mol. The SMILES string of the molecule is CC(C)c1ccc(C(N)CNC(=O)c2coc(CN)c2)cc1. The minimum Gasteiger partial charge on any atom is -0.467 e. The Hall–Kier alpha value is -2.11. The van der Waals surface area contributed by atoms with Gasteiger partial charge in [-0.2, -0.15) is 0 Å². The smallest absolute Gasteiger partial charge is 0.254 e. The number of carbonyl (C=O) groups excluding carboxylic acids is 1. The first-order valence-electron chi connectivity index (χ1n) is 7.42. The van der Waals surface area contributed by atoms with E-state index in [1.165, 1.54) is 11.8 Å². The molecule has 0 radical (unpaired) electrons. The normalized spacial score (nSPS) is 12.4. The van der Waals surface area contributed by atoms with Crippen LogP contribution in [0.5, 0.6) is 0 Å². The van der Waals surface area contributed by atoms with Crippen molar-refractivity contribution in [2.45, 2.75) is 32.4 Å². The van der Waals surface area contributed by atoms with E-state index < -0.39 is 0 Å². The summed E-state index contributed by atoms with van der Waals surface area (Å²) in [4.78, 5) is 12.0. The van der Waals surface area contributed by atoms with Gasteiger partial charge in [0.25, 0.3) is 5.91 Å². The van der Waals surface area contributed by atoms with Gasteiger partial charge in [0.05, 0.1) is 12.1 Å². The summed E-state index contributed by atoms with van der Waals surface area (Å²) < 4.78 is 5.14. The standard InChI is InChI=1S/C17H23N3O2/c1-11(2)12-3-5-13(6-4-12)16(19)9-20-17(21)14-7-15(8-18)22-10-14/h3-7,10-11,16H,8-9,18-19H2,1-2H3,(H,20,21). The number of amides is 1. The van der Waals surface area contributed by atoms with Gasteiger partial charge in [0.2, 0.25) is 0 Å². The number of carbonyl (C=O) groups is 1. The van der Waals surface area contributed by atoms with Crippen LogP contribution in [0.2, 0.25) is 0 Å². The Balaban J connectivity index is 1.91. The quantitative estimate of drug-likeness (QED) is 0.763. The summed E-state index contributed by atoms with van der Waals surface area (Å²) in [5.41, 5.74) is 14.3. The highest BCUT2D eigenvalue weighted by atomic mass is 16.3. The van der Waals surface area contributed by atoms with Crippen molar-refractivity contribution in [3.8, 4) is 0 Å². The second-order valence-electron chi connectivity index (χ2n) is 5.64. The molecule has 1 amide bonds. The molecule has 5 heteroatoms. The Labute approximate surface area is 130 Å². The van der Waals surface area contributed by atoms with E-state index in [1.54, 1.807) is 6.07 Å². The fourth-order valence-electron chi connectivity index (χ4n) is 2.16. The fourth-order valence-corrected chi connectivity index (χ4v) is 2.16. The zero-order chi connectivity index (χ0) is 16.1. The highest BCUT2D eigenvalue weighted by Gasteiger charge is 2.12. The second-order valence-corrected chi connectivity index (χ2v) is 5.64. The summed E-state index contributed by atoms with van der Waals surface area (Å²) in [6.07, 6.45) is 1.40. The van der Waals surface area contributed by atoms with Crippen LogP contribution in [0.1, 0.15) is 53.1 Å². The van der Waals surface area contributed by atoms with E-state index in [-0.39, 0.29) is 18.5 Å². The highest BCUT2D eigenvalue weighted by Crippen LogP contribution is 2.17. The van der Waals surface area contributed by atoms with E-state index in [1.807, 2.05) is 12.1 Å². The molecule has 0 aliphatic rings. The average Bonchev–Trinajstić information content (AvgIpc) is 3.01. The molecule has 5 N–H and O–H groups in total. The zero-order valence-electron chi connectivity index (χ0n) is 13.0. The molecule has 22 heavy (non-hydrogen) atoms. The van der Waals surface area contributed by atoms with Gasteiger partial charge in [-0.25, -0.2) is 0 Å². The molecule has 0 spiro atoms. The van der Waals surface area contributed by atoms with Crippen molar-refractivity contribution in [1.82, 2.24) is 5.32 Å².